The molecule has 5 nitrogen and oxygen atoms in total. The molecule has 0 saturated heterocycles. The summed E-state index contributed by atoms with van der Waals surface area (Å²) in [5.74, 6) is -0.944. The Balaban J connectivity index is 2.28. The predicted molar refractivity (Wildman–Crippen MR) is 68.1 cm³/mol. The highest BCUT2D eigenvalue weighted by molar-refractivity contribution is 6.33. The van der Waals surface area contributed by atoms with Gasteiger partial charge in [0.25, 0.3) is 11.5 Å². The molecule has 1 aromatic carbocycles. The third kappa shape index (κ3) is 2.52. The number of carbonyl (C=O) groups is 1. The second-order valence-corrected chi connectivity index (χ2v) is 3.94. The lowest BCUT2D eigenvalue weighted by molar-refractivity contribution is 0.102. The molecule has 1 amide bonds. The van der Waals surface area contributed by atoms with Crippen LogP contribution in [0.1, 0.15) is 10.4 Å². The lowest BCUT2D eigenvalue weighted by Crippen LogP contribution is -2.15. The zero-order chi connectivity index (χ0) is 13.1. The predicted octanol–water partition coefficient (Wildman–Crippen LogP) is 1.99. The molecule has 0 bridgehead atoms. The molecule has 18 heavy (non-hydrogen) atoms. The van der Waals surface area contributed by atoms with Gasteiger partial charge >= 0.3 is 0 Å². The number of carbonyl (C=O) groups excluding carboxylic acids is 1. The van der Waals surface area contributed by atoms with Crippen molar-refractivity contribution in [2.24, 2.45) is 0 Å². The number of benzene rings is 1. The van der Waals surface area contributed by atoms with Crippen molar-refractivity contribution in [2.75, 3.05) is 5.32 Å². The first-order chi connectivity index (χ1) is 8.58. The second kappa shape index (κ2) is 4.93. The summed E-state index contributed by atoms with van der Waals surface area (Å²) < 4.78 is 0. The molecule has 0 saturated carbocycles. The normalized spacial score (nSPS) is 10.1. The molecule has 0 spiro atoms. The van der Waals surface area contributed by atoms with E-state index in [0.29, 0.717) is 10.7 Å². The van der Waals surface area contributed by atoms with Crippen molar-refractivity contribution in [1.82, 2.24) is 4.98 Å². The van der Waals surface area contributed by atoms with Crippen LogP contribution in [0.25, 0.3) is 0 Å². The summed E-state index contributed by atoms with van der Waals surface area (Å²) in [5.41, 5.74) is -0.0916. The Morgan fingerprint density at radius 2 is 2.06 bits per heavy atom. The minimum Gasteiger partial charge on any atom is -0.507 e. The molecule has 2 aromatic rings. The number of aromatic nitrogens is 1. The van der Waals surface area contributed by atoms with Gasteiger partial charge in [-0.2, -0.15) is 0 Å². The van der Waals surface area contributed by atoms with Crippen LogP contribution in [-0.2, 0) is 0 Å². The van der Waals surface area contributed by atoms with E-state index in [-0.39, 0.29) is 11.3 Å². The van der Waals surface area contributed by atoms with Crippen LogP contribution in [0.4, 0.5) is 5.69 Å². The van der Waals surface area contributed by atoms with Crippen molar-refractivity contribution in [2.45, 2.75) is 0 Å². The quantitative estimate of drug-likeness (QED) is 0.776. The van der Waals surface area contributed by atoms with Crippen LogP contribution in [0, 0.1) is 0 Å². The number of aromatic hydroxyl groups is 1. The van der Waals surface area contributed by atoms with E-state index in [4.69, 9.17) is 11.6 Å². The minimum absolute atomic E-state index is 0.0329. The zero-order valence-corrected chi connectivity index (χ0v) is 9.86. The van der Waals surface area contributed by atoms with Crippen LogP contribution in [0.2, 0.25) is 5.02 Å². The van der Waals surface area contributed by atoms with Gasteiger partial charge < -0.3 is 15.4 Å². The van der Waals surface area contributed by atoms with Crippen LogP contribution in [0.15, 0.2) is 41.3 Å². The van der Waals surface area contributed by atoms with Gasteiger partial charge in [0.2, 0.25) is 0 Å². The molecule has 6 heteroatoms. The van der Waals surface area contributed by atoms with Gasteiger partial charge in [-0.05, 0) is 12.1 Å². The Hall–Kier alpha value is -2.27. The molecule has 92 valence electrons. The lowest BCUT2D eigenvalue weighted by Gasteiger charge is -2.07. The molecule has 0 fully saturated rings. The van der Waals surface area contributed by atoms with Crippen molar-refractivity contribution in [3.8, 4) is 5.75 Å². The van der Waals surface area contributed by atoms with Crippen molar-refractivity contribution in [1.29, 1.82) is 0 Å². The number of hydrogen-bond acceptors (Lipinski definition) is 3. The van der Waals surface area contributed by atoms with Crippen molar-refractivity contribution in [3.05, 3.63) is 57.5 Å². The first-order valence-electron chi connectivity index (χ1n) is 5.05. The second-order valence-electron chi connectivity index (χ2n) is 3.53. The van der Waals surface area contributed by atoms with Crippen LogP contribution in [-0.4, -0.2) is 16.0 Å². The SMILES string of the molecule is O=C(Nc1ccccc1Cl)c1c[nH]c(=O)cc1O. The summed E-state index contributed by atoms with van der Waals surface area (Å²) in [5, 5.41) is 12.4. The number of rotatable bonds is 2. The first-order valence-corrected chi connectivity index (χ1v) is 5.43. The average molecular weight is 265 g/mol. The Morgan fingerprint density at radius 3 is 2.72 bits per heavy atom. The smallest absolute Gasteiger partial charge is 0.260 e. The maximum Gasteiger partial charge on any atom is 0.260 e. The van der Waals surface area contributed by atoms with Crippen molar-refractivity contribution in [3.63, 3.8) is 0 Å². The number of nitrogens with one attached hydrogen (secondary N) is 2. The van der Waals surface area contributed by atoms with E-state index in [1.807, 2.05) is 0 Å². The Morgan fingerprint density at radius 1 is 1.33 bits per heavy atom. The molecule has 0 aliphatic carbocycles. The van der Waals surface area contributed by atoms with E-state index in [9.17, 15) is 14.7 Å². The Bertz CT molecular complexity index is 652. The number of halogens is 1. The summed E-state index contributed by atoms with van der Waals surface area (Å²) in [7, 11) is 0. The molecule has 0 aliphatic rings. The Labute approximate surface area is 107 Å². The topological polar surface area (TPSA) is 82.2 Å². The lowest BCUT2D eigenvalue weighted by atomic mass is 10.2. The van der Waals surface area contributed by atoms with E-state index in [0.717, 1.165) is 12.3 Å². The first kappa shape index (κ1) is 12.2. The monoisotopic (exact) mass is 264 g/mol. The largest absolute Gasteiger partial charge is 0.507 e. The van der Waals surface area contributed by atoms with E-state index in [1.54, 1.807) is 24.3 Å². The molecule has 2 rings (SSSR count). The molecule has 3 N–H and O–H groups in total. The van der Waals surface area contributed by atoms with Gasteiger partial charge in [-0.3, -0.25) is 9.59 Å². The third-order valence-corrected chi connectivity index (χ3v) is 2.60. The van der Waals surface area contributed by atoms with Gasteiger partial charge in [0.1, 0.15) is 5.75 Å². The van der Waals surface area contributed by atoms with Crippen LogP contribution >= 0.6 is 11.6 Å². The van der Waals surface area contributed by atoms with E-state index >= 15 is 0 Å². The van der Waals surface area contributed by atoms with Gasteiger partial charge in [-0.1, -0.05) is 23.7 Å². The summed E-state index contributed by atoms with van der Waals surface area (Å²) in [6, 6.07) is 7.64. The average Bonchev–Trinajstić information content (AvgIpc) is 2.32. The van der Waals surface area contributed by atoms with Gasteiger partial charge in [0.05, 0.1) is 16.3 Å². The molecular weight excluding hydrogens is 256 g/mol. The number of pyridine rings is 1. The van der Waals surface area contributed by atoms with E-state index in [2.05, 4.69) is 10.3 Å². The number of aromatic amines is 1. The highest BCUT2D eigenvalue weighted by atomic mass is 35.5. The maximum atomic E-state index is 11.8. The minimum atomic E-state index is -0.558. The standard InChI is InChI=1S/C12H9ClN2O3/c13-8-3-1-2-4-9(8)15-12(18)7-6-14-11(17)5-10(7)16/h1-6H,(H,15,18)(H2,14,16,17). The third-order valence-electron chi connectivity index (χ3n) is 2.27. The summed E-state index contributed by atoms with van der Waals surface area (Å²) >= 11 is 5.89. The highest BCUT2D eigenvalue weighted by Gasteiger charge is 2.12. The molecule has 0 aliphatic heterocycles. The van der Waals surface area contributed by atoms with Crippen LogP contribution in [0.5, 0.6) is 5.75 Å². The van der Waals surface area contributed by atoms with Gasteiger partial charge in [-0.25, -0.2) is 0 Å². The van der Waals surface area contributed by atoms with Crippen molar-refractivity contribution >= 4 is 23.2 Å². The zero-order valence-electron chi connectivity index (χ0n) is 9.11. The summed E-state index contributed by atoms with van der Waals surface area (Å²) in [6.45, 7) is 0. The van der Waals surface area contributed by atoms with Crippen molar-refractivity contribution < 1.29 is 9.90 Å². The fraction of sp³-hybridized carbons (Fsp3) is 0. The highest BCUT2D eigenvalue weighted by Crippen LogP contribution is 2.22. The van der Waals surface area contributed by atoms with Gasteiger partial charge in [0, 0.05) is 12.3 Å². The number of para-hydroxylation sites is 1. The number of amides is 1. The molecule has 0 atom stereocenters. The Kier molecular flexibility index (Phi) is 3.34. The van der Waals surface area contributed by atoms with Gasteiger partial charge in [-0.15, -0.1) is 0 Å². The van der Waals surface area contributed by atoms with Crippen LogP contribution < -0.4 is 10.9 Å². The fourth-order valence-corrected chi connectivity index (χ4v) is 1.58. The maximum absolute atomic E-state index is 11.8. The molecule has 1 heterocycles. The molecule has 1 aromatic heterocycles. The van der Waals surface area contributed by atoms with Crippen LogP contribution in [0.3, 0.4) is 0 Å². The molecular formula is C12H9ClN2O3. The number of H-pyrrole nitrogens is 1. The van der Waals surface area contributed by atoms with Gasteiger partial charge in [0.15, 0.2) is 0 Å². The number of hydrogen-bond donors (Lipinski definition) is 3. The van der Waals surface area contributed by atoms with E-state index < -0.39 is 11.5 Å². The molecule has 0 unspecified atom stereocenters. The number of anilines is 1. The summed E-state index contributed by atoms with van der Waals surface area (Å²) in [4.78, 5) is 25.1. The fourth-order valence-electron chi connectivity index (χ4n) is 1.39. The summed E-state index contributed by atoms with van der Waals surface area (Å²) in [6.07, 6.45) is 1.14. The molecule has 0 radical (unpaired) electrons. The van der Waals surface area contributed by atoms with E-state index in [1.165, 1.54) is 0 Å².